The van der Waals surface area contributed by atoms with Gasteiger partial charge < -0.3 is 5.32 Å². The van der Waals surface area contributed by atoms with Crippen LogP contribution in [-0.2, 0) is 14.8 Å². The van der Waals surface area contributed by atoms with Crippen molar-refractivity contribution in [2.24, 2.45) is 0 Å². The molecule has 0 aliphatic heterocycles. The van der Waals surface area contributed by atoms with E-state index in [1.807, 2.05) is 44.2 Å². The summed E-state index contributed by atoms with van der Waals surface area (Å²) in [6.07, 6.45) is 1.48. The highest BCUT2D eigenvalue weighted by atomic mass is 32.2. The lowest BCUT2D eigenvalue weighted by Crippen LogP contribution is -2.47. The van der Waals surface area contributed by atoms with E-state index in [1.165, 1.54) is 4.31 Å². The van der Waals surface area contributed by atoms with Crippen molar-refractivity contribution in [1.82, 2.24) is 0 Å². The van der Waals surface area contributed by atoms with E-state index in [0.29, 0.717) is 17.8 Å². The number of benzene rings is 2. The molecular formula is C19H24N2O3S. The van der Waals surface area contributed by atoms with E-state index in [2.05, 4.69) is 5.32 Å². The van der Waals surface area contributed by atoms with Crippen LogP contribution in [-0.4, -0.2) is 26.6 Å². The third-order valence-corrected chi connectivity index (χ3v) is 5.08. The van der Waals surface area contributed by atoms with Crippen LogP contribution in [0.25, 0.3) is 0 Å². The molecule has 134 valence electrons. The van der Waals surface area contributed by atoms with Gasteiger partial charge in [-0.05, 0) is 50.1 Å². The van der Waals surface area contributed by atoms with Gasteiger partial charge in [0.25, 0.3) is 0 Å². The van der Waals surface area contributed by atoms with E-state index in [1.54, 1.807) is 25.1 Å². The van der Waals surface area contributed by atoms with Crippen molar-refractivity contribution in [2.45, 2.75) is 33.2 Å². The summed E-state index contributed by atoms with van der Waals surface area (Å²) in [5.41, 5.74) is 3.18. The Morgan fingerprint density at radius 1 is 1.08 bits per heavy atom. The molecule has 2 aromatic rings. The molecule has 0 aliphatic carbocycles. The van der Waals surface area contributed by atoms with Gasteiger partial charge in [-0.3, -0.25) is 9.10 Å². The Labute approximate surface area is 149 Å². The van der Waals surface area contributed by atoms with Gasteiger partial charge in [0, 0.05) is 5.69 Å². The van der Waals surface area contributed by atoms with Crippen LogP contribution in [0.3, 0.4) is 0 Å². The number of carbonyl (C=O) groups excluding carboxylic acids is 1. The summed E-state index contributed by atoms with van der Waals surface area (Å²) in [5, 5.41) is 2.82. The highest BCUT2D eigenvalue weighted by Gasteiger charge is 2.31. The second-order valence-electron chi connectivity index (χ2n) is 6.18. The van der Waals surface area contributed by atoms with Gasteiger partial charge in [-0.2, -0.15) is 0 Å². The summed E-state index contributed by atoms with van der Waals surface area (Å²) in [6.45, 7) is 5.66. The van der Waals surface area contributed by atoms with Crippen LogP contribution < -0.4 is 9.62 Å². The summed E-state index contributed by atoms with van der Waals surface area (Å²) >= 11 is 0. The minimum absolute atomic E-state index is 0.348. The number of anilines is 2. The van der Waals surface area contributed by atoms with Crippen molar-refractivity contribution in [3.63, 3.8) is 0 Å². The van der Waals surface area contributed by atoms with E-state index in [-0.39, 0.29) is 5.91 Å². The largest absolute Gasteiger partial charge is 0.324 e. The number of hydrogen-bond donors (Lipinski definition) is 1. The predicted molar refractivity (Wildman–Crippen MR) is 102 cm³/mol. The molecule has 0 aromatic heterocycles. The summed E-state index contributed by atoms with van der Waals surface area (Å²) < 4.78 is 25.9. The molecule has 0 spiro atoms. The molecule has 1 N–H and O–H groups in total. The van der Waals surface area contributed by atoms with Crippen LogP contribution in [0.15, 0.2) is 48.5 Å². The SMILES string of the molecule is CCC(C(=O)Nc1cccc(C)c1)N(c1ccc(C)cc1)S(C)(=O)=O. The molecule has 0 aliphatic rings. The molecule has 6 heteroatoms. The Hall–Kier alpha value is -2.34. The van der Waals surface area contributed by atoms with Crippen LogP contribution in [0.1, 0.15) is 24.5 Å². The summed E-state index contributed by atoms with van der Waals surface area (Å²) in [4.78, 5) is 12.8. The van der Waals surface area contributed by atoms with E-state index in [0.717, 1.165) is 17.4 Å². The molecule has 1 amide bonds. The molecule has 2 aromatic carbocycles. The minimum atomic E-state index is -3.62. The highest BCUT2D eigenvalue weighted by molar-refractivity contribution is 7.92. The van der Waals surface area contributed by atoms with Crippen LogP contribution in [0.5, 0.6) is 0 Å². The van der Waals surface area contributed by atoms with Gasteiger partial charge in [-0.15, -0.1) is 0 Å². The highest BCUT2D eigenvalue weighted by Crippen LogP contribution is 2.24. The second kappa shape index (κ2) is 7.70. The minimum Gasteiger partial charge on any atom is -0.324 e. The fraction of sp³-hybridized carbons (Fsp3) is 0.316. The Morgan fingerprint density at radius 3 is 2.24 bits per heavy atom. The monoisotopic (exact) mass is 360 g/mol. The number of amides is 1. The number of rotatable bonds is 6. The third-order valence-electron chi connectivity index (χ3n) is 3.90. The lowest BCUT2D eigenvalue weighted by Gasteiger charge is -2.30. The van der Waals surface area contributed by atoms with Crippen molar-refractivity contribution < 1.29 is 13.2 Å². The number of carbonyl (C=O) groups is 1. The number of nitrogens with one attached hydrogen (secondary N) is 1. The fourth-order valence-electron chi connectivity index (χ4n) is 2.70. The molecule has 0 saturated carbocycles. The number of hydrogen-bond acceptors (Lipinski definition) is 3. The quantitative estimate of drug-likeness (QED) is 0.857. The first-order valence-corrected chi connectivity index (χ1v) is 10.0. The third kappa shape index (κ3) is 4.82. The van der Waals surface area contributed by atoms with Crippen LogP contribution >= 0.6 is 0 Å². The average Bonchev–Trinajstić information content (AvgIpc) is 2.52. The van der Waals surface area contributed by atoms with Crippen molar-refractivity contribution in [3.8, 4) is 0 Å². The molecule has 1 unspecified atom stereocenters. The van der Waals surface area contributed by atoms with Crippen molar-refractivity contribution in [3.05, 3.63) is 59.7 Å². The van der Waals surface area contributed by atoms with Crippen LogP contribution in [0, 0.1) is 13.8 Å². The summed E-state index contributed by atoms with van der Waals surface area (Å²) in [7, 11) is -3.62. The Morgan fingerprint density at radius 2 is 1.72 bits per heavy atom. The normalized spacial score (nSPS) is 12.5. The summed E-state index contributed by atoms with van der Waals surface area (Å²) in [5.74, 6) is -0.348. The predicted octanol–water partition coefficient (Wildman–Crippen LogP) is 3.49. The number of aryl methyl sites for hydroxylation is 2. The van der Waals surface area contributed by atoms with Crippen molar-refractivity contribution >= 4 is 27.3 Å². The first kappa shape index (κ1) is 19.0. The van der Waals surface area contributed by atoms with Gasteiger partial charge in [0.2, 0.25) is 15.9 Å². The zero-order valence-corrected chi connectivity index (χ0v) is 15.8. The maximum Gasteiger partial charge on any atom is 0.248 e. The average molecular weight is 360 g/mol. The van der Waals surface area contributed by atoms with E-state index < -0.39 is 16.1 Å². The van der Waals surface area contributed by atoms with Gasteiger partial charge in [0.15, 0.2) is 0 Å². The molecule has 5 nitrogen and oxygen atoms in total. The maximum absolute atomic E-state index is 12.8. The van der Waals surface area contributed by atoms with Gasteiger partial charge in [0.05, 0.1) is 11.9 Å². The van der Waals surface area contributed by atoms with E-state index in [9.17, 15) is 13.2 Å². The van der Waals surface area contributed by atoms with Gasteiger partial charge >= 0.3 is 0 Å². The lowest BCUT2D eigenvalue weighted by atomic mass is 10.1. The first-order chi connectivity index (χ1) is 11.7. The first-order valence-electron chi connectivity index (χ1n) is 8.16. The van der Waals surface area contributed by atoms with Gasteiger partial charge in [-0.1, -0.05) is 36.8 Å². The standard InChI is InChI=1S/C19H24N2O3S/c1-5-18(19(22)20-16-8-6-7-15(3)13-16)21(25(4,23)24)17-11-9-14(2)10-12-17/h6-13,18H,5H2,1-4H3,(H,20,22). The molecule has 2 rings (SSSR count). The zero-order chi connectivity index (χ0) is 18.6. The smallest absolute Gasteiger partial charge is 0.248 e. The Kier molecular flexibility index (Phi) is 5.85. The maximum atomic E-state index is 12.8. The lowest BCUT2D eigenvalue weighted by molar-refractivity contribution is -0.117. The van der Waals surface area contributed by atoms with E-state index in [4.69, 9.17) is 0 Å². The molecule has 0 radical (unpaired) electrons. The molecule has 25 heavy (non-hydrogen) atoms. The zero-order valence-electron chi connectivity index (χ0n) is 15.0. The second-order valence-corrected chi connectivity index (χ2v) is 8.04. The van der Waals surface area contributed by atoms with Crippen LogP contribution in [0.2, 0.25) is 0 Å². The molecule has 0 saturated heterocycles. The summed E-state index contributed by atoms with van der Waals surface area (Å²) in [6, 6.07) is 13.7. The van der Waals surface area contributed by atoms with Crippen LogP contribution in [0.4, 0.5) is 11.4 Å². The van der Waals surface area contributed by atoms with Gasteiger partial charge in [-0.25, -0.2) is 8.42 Å². The molecule has 0 heterocycles. The molecular weight excluding hydrogens is 336 g/mol. The molecule has 0 bridgehead atoms. The Balaban J connectivity index is 2.36. The van der Waals surface area contributed by atoms with Crippen molar-refractivity contribution in [2.75, 3.05) is 15.9 Å². The van der Waals surface area contributed by atoms with Crippen molar-refractivity contribution in [1.29, 1.82) is 0 Å². The number of sulfonamides is 1. The number of nitrogens with zero attached hydrogens (tertiary/aromatic N) is 1. The van der Waals surface area contributed by atoms with Gasteiger partial charge in [0.1, 0.15) is 6.04 Å². The Bertz CT molecular complexity index is 845. The topological polar surface area (TPSA) is 66.5 Å². The molecule has 1 atom stereocenters. The fourth-order valence-corrected chi connectivity index (χ4v) is 3.91. The molecule has 0 fully saturated rings. The van der Waals surface area contributed by atoms with E-state index >= 15 is 0 Å².